The maximum absolute atomic E-state index is 5.45. The Kier molecular flexibility index (Phi) is 3.51. The topological polar surface area (TPSA) is 39.0 Å². The van der Waals surface area contributed by atoms with Gasteiger partial charge < -0.3 is 0 Å². The molecule has 5 nitrogen and oxygen atoms in total. The summed E-state index contributed by atoms with van der Waals surface area (Å²) in [5, 5.41) is 0. The molecule has 0 unspecified atom stereocenters. The number of nitrogens with zero attached hydrogens (tertiary/aromatic N) is 5. The Bertz CT molecular complexity index is 2710. The Morgan fingerprint density at radius 1 is 0.488 bits per heavy atom. The van der Waals surface area contributed by atoms with Crippen LogP contribution in [0.3, 0.4) is 0 Å². The van der Waals surface area contributed by atoms with Crippen molar-refractivity contribution in [3.05, 3.63) is 113 Å². The molecule has 0 amide bonds. The van der Waals surface area contributed by atoms with E-state index in [1.165, 1.54) is 50.0 Å². The summed E-state index contributed by atoms with van der Waals surface area (Å²) in [6.07, 6.45) is 0. The summed E-state index contributed by atoms with van der Waals surface area (Å²) in [5.74, 6) is 1.83. The Hall–Kier alpha value is -5.16. The van der Waals surface area contributed by atoms with E-state index in [1.807, 2.05) is 0 Å². The van der Waals surface area contributed by atoms with E-state index in [9.17, 15) is 0 Å². The van der Waals surface area contributed by atoms with E-state index in [4.69, 9.17) is 9.97 Å². The molecule has 0 bridgehead atoms. The summed E-state index contributed by atoms with van der Waals surface area (Å²) in [7, 11) is 0. The standard InChI is InChI=1S/C38H27N5/c1-37(2)24-13-8-6-11-21(24)32-25(37)16-17-28-33(32)40-36-41(28)29-14-9-15-30-34(29)43(36)35-39-27-19-26-22(18-31(27)42(30)35)20-10-5-7-12-23(20)38(26,3)4/h5-19H,1-4H3. The van der Waals surface area contributed by atoms with Gasteiger partial charge in [0.15, 0.2) is 0 Å². The van der Waals surface area contributed by atoms with Crippen LogP contribution in [0, 0.1) is 0 Å². The Morgan fingerprint density at radius 3 is 1.93 bits per heavy atom. The molecule has 0 spiro atoms. The lowest BCUT2D eigenvalue weighted by Gasteiger charge is -2.21. The van der Waals surface area contributed by atoms with Crippen LogP contribution in [0.1, 0.15) is 49.9 Å². The highest BCUT2D eigenvalue weighted by Crippen LogP contribution is 2.52. The first-order valence-corrected chi connectivity index (χ1v) is 15.1. The van der Waals surface area contributed by atoms with E-state index < -0.39 is 0 Å². The van der Waals surface area contributed by atoms with Gasteiger partial charge in [-0.1, -0.05) is 88.4 Å². The van der Waals surface area contributed by atoms with Gasteiger partial charge in [-0.3, -0.25) is 8.80 Å². The third-order valence-corrected chi connectivity index (χ3v) is 10.8. The molecule has 5 aromatic carbocycles. The van der Waals surface area contributed by atoms with Crippen LogP contribution >= 0.6 is 0 Å². The molecular formula is C38H27N5. The molecule has 0 atom stereocenters. The third-order valence-electron chi connectivity index (χ3n) is 10.8. The Balaban J connectivity index is 1.29. The number of imidazole rings is 4. The lowest BCUT2D eigenvalue weighted by atomic mass is 9.82. The number of hydrogen-bond donors (Lipinski definition) is 0. The monoisotopic (exact) mass is 553 g/mol. The van der Waals surface area contributed by atoms with E-state index in [2.05, 4.69) is 132 Å². The molecule has 204 valence electrons. The number of fused-ring (bicyclic) bond motifs is 17. The Morgan fingerprint density at radius 2 is 1.14 bits per heavy atom. The van der Waals surface area contributed by atoms with Crippen LogP contribution in [0.15, 0.2) is 91.0 Å². The highest BCUT2D eigenvalue weighted by atomic mass is 15.3. The van der Waals surface area contributed by atoms with Crippen molar-refractivity contribution in [2.24, 2.45) is 0 Å². The zero-order valence-corrected chi connectivity index (χ0v) is 24.4. The van der Waals surface area contributed by atoms with Gasteiger partial charge in [-0.15, -0.1) is 0 Å². The second-order valence-corrected chi connectivity index (χ2v) is 13.6. The number of rotatable bonds is 0. The predicted octanol–water partition coefficient (Wildman–Crippen LogP) is 8.74. The van der Waals surface area contributed by atoms with Crippen LogP contribution < -0.4 is 0 Å². The molecule has 0 saturated carbocycles. The molecule has 4 aromatic heterocycles. The molecule has 5 heteroatoms. The van der Waals surface area contributed by atoms with Crippen molar-refractivity contribution in [3.63, 3.8) is 0 Å². The molecule has 2 aliphatic rings. The van der Waals surface area contributed by atoms with Crippen molar-refractivity contribution >= 4 is 50.2 Å². The van der Waals surface area contributed by atoms with Gasteiger partial charge in [0.05, 0.1) is 33.1 Å². The van der Waals surface area contributed by atoms with Gasteiger partial charge in [0.2, 0.25) is 11.6 Å². The van der Waals surface area contributed by atoms with Gasteiger partial charge in [-0.05, 0) is 69.3 Å². The zero-order valence-electron chi connectivity index (χ0n) is 24.4. The minimum Gasteiger partial charge on any atom is -0.276 e. The maximum Gasteiger partial charge on any atom is 0.223 e. The van der Waals surface area contributed by atoms with Gasteiger partial charge >= 0.3 is 0 Å². The molecule has 43 heavy (non-hydrogen) atoms. The van der Waals surface area contributed by atoms with Crippen LogP contribution in [0.4, 0.5) is 0 Å². The third kappa shape index (κ3) is 2.29. The first kappa shape index (κ1) is 22.4. The van der Waals surface area contributed by atoms with E-state index in [0.29, 0.717) is 0 Å². The molecule has 11 rings (SSSR count). The van der Waals surface area contributed by atoms with Crippen LogP contribution in [-0.4, -0.2) is 23.2 Å². The Labute approximate surface area is 247 Å². The van der Waals surface area contributed by atoms with Gasteiger partial charge in [-0.25, -0.2) is 14.4 Å². The molecule has 0 radical (unpaired) electrons. The zero-order chi connectivity index (χ0) is 28.6. The van der Waals surface area contributed by atoms with Crippen LogP contribution in [-0.2, 0) is 10.8 Å². The predicted molar refractivity (Wildman–Crippen MR) is 174 cm³/mol. The van der Waals surface area contributed by atoms with Gasteiger partial charge in [0.25, 0.3) is 0 Å². The van der Waals surface area contributed by atoms with E-state index in [1.54, 1.807) is 0 Å². The molecule has 4 heterocycles. The highest BCUT2D eigenvalue weighted by Gasteiger charge is 2.38. The fraction of sp³-hybridized carbons (Fsp3) is 0.158. The molecule has 0 saturated heterocycles. The highest BCUT2D eigenvalue weighted by molar-refractivity contribution is 6.07. The molecular weight excluding hydrogens is 526 g/mol. The maximum atomic E-state index is 5.45. The molecule has 2 aliphatic carbocycles. The number of hydrogen-bond acceptors (Lipinski definition) is 2. The summed E-state index contributed by atoms with van der Waals surface area (Å²) in [6.45, 7) is 9.31. The normalized spacial score (nSPS) is 16.3. The fourth-order valence-electron chi connectivity index (χ4n) is 8.75. The van der Waals surface area contributed by atoms with Crippen molar-refractivity contribution in [3.8, 4) is 22.3 Å². The van der Waals surface area contributed by atoms with Crippen molar-refractivity contribution in [2.45, 2.75) is 38.5 Å². The minimum absolute atomic E-state index is 0.0618. The number of aromatic nitrogens is 5. The summed E-state index contributed by atoms with van der Waals surface area (Å²) < 4.78 is 6.96. The SMILES string of the molecule is CC1(C)c2ccccc2-c2cc3c(cc21)nc1n3c2cccc3c2n1c1nc2c4c(ccc2n31)C(C)(C)c1ccccc1-4. The van der Waals surface area contributed by atoms with Gasteiger partial charge in [-0.2, -0.15) is 0 Å². The number of benzene rings is 5. The molecule has 0 fully saturated rings. The second-order valence-electron chi connectivity index (χ2n) is 13.6. The quantitative estimate of drug-likeness (QED) is 0.188. The van der Waals surface area contributed by atoms with E-state index in [0.717, 1.165) is 44.7 Å². The van der Waals surface area contributed by atoms with Gasteiger partial charge in [0.1, 0.15) is 5.52 Å². The van der Waals surface area contributed by atoms with Crippen molar-refractivity contribution in [2.75, 3.05) is 0 Å². The van der Waals surface area contributed by atoms with Crippen molar-refractivity contribution in [1.82, 2.24) is 23.2 Å². The summed E-state index contributed by atoms with van der Waals surface area (Å²) in [5.41, 5.74) is 18.4. The van der Waals surface area contributed by atoms with Crippen LogP contribution in [0.2, 0.25) is 0 Å². The van der Waals surface area contributed by atoms with Crippen LogP contribution in [0.5, 0.6) is 0 Å². The fourth-order valence-corrected chi connectivity index (χ4v) is 8.75. The lowest BCUT2D eigenvalue weighted by molar-refractivity contribution is 0.660. The van der Waals surface area contributed by atoms with Crippen LogP contribution in [0.25, 0.3) is 72.4 Å². The lowest BCUT2D eigenvalue weighted by Crippen LogP contribution is -2.14. The number of para-hydroxylation sites is 1. The summed E-state index contributed by atoms with van der Waals surface area (Å²) in [6, 6.07) is 33.6. The summed E-state index contributed by atoms with van der Waals surface area (Å²) >= 11 is 0. The summed E-state index contributed by atoms with van der Waals surface area (Å²) in [4.78, 5) is 10.8. The van der Waals surface area contributed by atoms with Gasteiger partial charge in [0, 0.05) is 16.4 Å². The molecule has 9 aromatic rings. The minimum atomic E-state index is -0.0642. The van der Waals surface area contributed by atoms with Crippen molar-refractivity contribution < 1.29 is 0 Å². The smallest absolute Gasteiger partial charge is 0.223 e. The first-order chi connectivity index (χ1) is 20.9. The average molecular weight is 554 g/mol. The largest absolute Gasteiger partial charge is 0.276 e. The van der Waals surface area contributed by atoms with Crippen molar-refractivity contribution in [1.29, 1.82) is 0 Å². The average Bonchev–Trinajstić information content (AvgIpc) is 3.80. The second kappa shape index (κ2) is 6.73. The molecule has 0 aliphatic heterocycles. The first-order valence-electron chi connectivity index (χ1n) is 15.1. The van der Waals surface area contributed by atoms with E-state index in [-0.39, 0.29) is 10.8 Å². The van der Waals surface area contributed by atoms with E-state index >= 15 is 0 Å². The molecule has 0 N–H and O–H groups in total.